The van der Waals surface area contributed by atoms with Crippen LogP contribution in [-0.4, -0.2) is 35.6 Å². The Morgan fingerprint density at radius 3 is 2.57 bits per heavy atom. The number of amides is 1. The van der Waals surface area contributed by atoms with Gasteiger partial charge < -0.3 is 10.0 Å². The lowest BCUT2D eigenvalue weighted by Gasteiger charge is -2.46. The molecule has 3 heteroatoms. The average Bonchev–Trinajstić information content (AvgIpc) is 2.48. The van der Waals surface area contributed by atoms with Crippen LogP contribution in [0.15, 0.2) is 24.3 Å². The van der Waals surface area contributed by atoms with Crippen molar-refractivity contribution in [2.24, 2.45) is 5.92 Å². The molecule has 1 heterocycles. The maximum atomic E-state index is 13.1. The molecular formula is C18H25NO2. The fraction of sp³-hybridized carbons (Fsp3) is 0.611. The summed E-state index contributed by atoms with van der Waals surface area (Å²) >= 11 is 0. The number of carbonyl (C=O) groups excluding carboxylic acids is 1. The van der Waals surface area contributed by atoms with E-state index in [1.54, 1.807) is 0 Å². The lowest BCUT2D eigenvalue weighted by molar-refractivity contribution is -0.143. The molecule has 1 aromatic rings. The second kappa shape index (κ2) is 5.80. The van der Waals surface area contributed by atoms with E-state index in [4.69, 9.17) is 0 Å². The zero-order chi connectivity index (χ0) is 14.9. The number of aliphatic hydroxyl groups is 1. The van der Waals surface area contributed by atoms with Gasteiger partial charge >= 0.3 is 0 Å². The largest absolute Gasteiger partial charge is 0.396 e. The lowest BCUT2D eigenvalue weighted by atomic mass is 9.63. The predicted molar refractivity (Wildman–Crippen MR) is 83.1 cm³/mol. The van der Waals surface area contributed by atoms with Gasteiger partial charge in [-0.3, -0.25) is 4.79 Å². The van der Waals surface area contributed by atoms with Gasteiger partial charge in [0, 0.05) is 19.7 Å². The third-order valence-corrected chi connectivity index (χ3v) is 5.29. The van der Waals surface area contributed by atoms with E-state index in [2.05, 4.69) is 31.2 Å². The van der Waals surface area contributed by atoms with Crippen LogP contribution in [0.1, 0.15) is 43.2 Å². The first-order chi connectivity index (χ1) is 10.2. The number of piperidine rings is 1. The number of carbonyl (C=O) groups is 1. The Bertz CT molecular complexity index is 504. The fourth-order valence-corrected chi connectivity index (χ4v) is 3.73. The van der Waals surface area contributed by atoms with Gasteiger partial charge in [0.05, 0.1) is 5.41 Å². The molecule has 1 N–H and O–H groups in total. The summed E-state index contributed by atoms with van der Waals surface area (Å²) in [5, 5.41) is 9.37. The molecule has 114 valence electrons. The van der Waals surface area contributed by atoms with Gasteiger partial charge in [0.15, 0.2) is 0 Å². The highest BCUT2D eigenvalue weighted by Gasteiger charge is 2.48. The fourth-order valence-electron chi connectivity index (χ4n) is 3.73. The molecule has 0 spiro atoms. The van der Waals surface area contributed by atoms with E-state index in [1.165, 1.54) is 11.1 Å². The van der Waals surface area contributed by atoms with Crippen molar-refractivity contribution in [2.45, 2.75) is 44.4 Å². The normalized spacial score (nSPS) is 24.5. The van der Waals surface area contributed by atoms with E-state index in [0.717, 1.165) is 45.2 Å². The maximum absolute atomic E-state index is 13.1. The van der Waals surface area contributed by atoms with E-state index < -0.39 is 0 Å². The van der Waals surface area contributed by atoms with E-state index in [1.807, 2.05) is 4.90 Å². The van der Waals surface area contributed by atoms with Crippen LogP contribution in [0, 0.1) is 12.8 Å². The molecule has 1 unspecified atom stereocenters. The summed E-state index contributed by atoms with van der Waals surface area (Å²) in [5.41, 5.74) is 2.12. The van der Waals surface area contributed by atoms with E-state index in [9.17, 15) is 9.90 Å². The maximum Gasteiger partial charge on any atom is 0.233 e. The summed E-state index contributed by atoms with van der Waals surface area (Å²) in [4.78, 5) is 15.1. The molecule has 3 nitrogen and oxygen atoms in total. The molecule has 1 aromatic carbocycles. The minimum absolute atomic E-state index is 0.196. The van der Waals surface area contributed by atoms with Gasteiger partial charge in [0.1, 0.15) is 0 Å². The number of likely N-dealkylation sites (tertiary alicyclic amines) is 1. The van der Waals surface area contributed by atoms with Crippen molar-refractivity contribution in [1.29, 1.82) is 0 Å². The highest BCUT2D eigenvalue weighted by Crippen LogP contribution is 2.45. The van der Waals surface area contributed by atoms with E-state index in [0.29, 0.717) is 0 Å². The number of nitrogens with zero attached hydrogens (tertiary/aromatic N) is 1. The number of aliphatic hydroxyl groups excluding tert-OH is 1. The highest BCUT2D eigenvalue weighted by atomic mass is 16.3. The molecule has 2 aliphatic rings. The van der Waals surface area contributed by atoms with Crippen molar-refractivity contribution in [3.63, 3.8) is 0 Å². The predicted octanol–water partition coefficient (Wildman–Crippen LogP) is 2.65. The quantitative estimate of drug-likeness (QED) is 0.928. The minimum Gasteiger partial charge on any atom is -0.396 e. The summed E-state index contributed by atoms with van der Waals surface area (Å²) in [7, 11) is 0. The van der Waals surface area contributed by atoms with Crippen LogP contribution in [0.2, 0.25) is 0 Å². The van der Waals surface area contributed by atoms with Gasteiger partial charge in [0.2, 0.25) is 5.91 Å². The molecular weight excluding hydrogens is 262 g/mol. The molecule has 0 aromatic heterocycles. The molecule has 1 aliphatic carbocycles. The molecule has 21 heavy (non-hydrogen) atoms. The van der Waals surface area contributed by atoms with Gasteiger partial charge in [0.25, 0.3) is 0 Å². The second-order valence-corrected chi connectivity index (χ2v) is 6.74. The van der Waals surface area contributed by atoms with Crippen LogP contribution < -0.4 is 0 Å². The van der Waals surface area contributed by atoms with E-state index >= 15 is 0 Å². The third-order valence-electron chi connectivity index (χ3n) is 5.29. The number of hydrogen-bond donors (Lipinski definition) is 1. The molecule has 1 atom stereocenters. The van der Waals surface area contributed by atoms with Crippen molar-refractivity contribution in [3.8, 4) is 0 Å². The molecule has 2 fully saturated rings. The number of aryl methyl sites for hydroxylation is 1. The van der Waals surface area contributed by atoms with Gasteiger partial charge in [-0.1, -0.05) is 36.2 Å². The van der Waals surface area contributed by atoms with Crippen molar-refractivity contribution in [3.05, 3.63) is 35.4 Å². The van der Waals surface area contributed by atoms with Crippen LogP contribution >= 0.6 is 0 Å². The molecule has 0 radical (unpaired) electrons. The standard InChI is InChI=1S/C18H25NO2/c1-14-5-7-16(8-6-14)18(9-3-10-18)17(21)19-11-2-4-15(12-19)13-20/h5-8,15,20H,2-4,9-13H2,1H3. The van der Waals surface area contributed by atoms with Crippen molar-refractivity contribution >= 4 is 5.91 Å². The monoisotopic (exact) mass is 287 g/mol. The van der Waals surface area contributed by atoms with E-state index in [-0.39, 0.29) is 23.8 Å². The molecule has 1 saturated heterocycles. The Hall–Kier alpha value is -1.35. The zero-order valence-electron chi connectivity index (χ0n) is 12.8. The van der Waals surface area contributed by atoms with Gasteiger partial charge in [-0.2, -0.15) is 0 Å². The second-order valence-electron chi connectivity index (χ2n) is 6.74. The summed E-state index contributed by atoms with van der Waals surface area (Å²) < 4.78 is 0. The van der Waals surface area contributed by atoms with Crippen LogP contribution in [0.4, 0.5) is 0 Å². The van der Waals surface area contributed by atoms with Crippen molar-refractivity contribution < 1.29 is 9.90 Å². The van der Waals surface area contributed by atoms with Gasteiger partial charge in [-0.15, -0.1) is 0 Å². The topological polar surface area (TPSA) is 40.5 Å². The molecule has 0 bridgehead atoms. The van der Waals surface area contributed by atoms with Gasteiger partial charge in [-0.05, 0) is 44.1 Å². The molecule has 3 rings (SSSR count). The first-order valence-electron chi connectivity index (χ1n) is 8.13. The number of hydrogen-bond acceptors (Lipinski definition) is 2. The summed E-state index contributed by atoms with van der Waals surface area (Å²) in [6.45, 7) is 3.85. The number of rotatable bonds is 3. The Morgan fingerprint density at radius 1 is 1.29 bits per heavy atom. The van der Waals surface area contributed by atoms with Crippen molar-refractivity contribution in [2.75, 3.05) is 19.7 Å². The van der Waals surface area contributed by atoms with Crippen LogP contribution in [0.3, 0.4) is 0 Å². The molecule has 1 amide bonds. The van der Waals surface area contributed by atoms with Crippen LogP contribution in [0.5, 0.6) is 0 Å². The summed E-state index contributed by atoms with van der Waals surface area (Å²) in [5.74, 6) is 0.550. The highest BCUT2D eigenvalue weighted by molar-refractivity contribution is 5.89. The van der Waals surface area contributed by atoms with Crippen LogP contribution in [0.25, 0.3) is 0 Å². The van der Waals surface area contributed by atoms with Gasteiger partial charge in [-0.25, -0.2) is 0 Å². The summed E-state index contributed by atoms with van der Waals surface area (Å²) in [6, 6.07) is 8.46. The first-order valence-corrected chi connectivity index (χ1v) is 8.13. The Labute approximate surface area is 127 Å². The molecule has 1 aliphatic heterocycles. The minimum atomic E-state index is -0.287. The Morgan fingerprint density at radius 2 is 2.00 bits per heavy atom. The average molecular weight is 287 g/mol. The van der Waals surface area contributed by atoms with Crippen LogP contribution in [-0.2, 0) is 10.2 Å². The molecule has 1 saturated carbocycles. The Balaban J connectivity index is 1.82. The third kappa shape index (κ3) is 2.59. The smallest absolute Gasteiger partial charge is 0.233 e. The summed E-state index contributed by atoms with van der Waals surface area (Å²) in [6.07, 6.45) is 5.13. The SMILES string of the molecule is Cc1ccc(C2(C(=O)N3CCCC(CO)C3)CCC2)cc1. The van der Waals surface area contributed by atoms with Crippen molar-refractivity contribution in [1.82, 2.24) is 4.90 Å². The zero-order valence-corrected chi connectivity index (χ0v) is 12.8. The number of benzene rings is 1. The Kier molecular flexibility index (Phi) is 4.03. The lowest BCUT2D eigenvalue weighted by Crippen LogP contribution is -2.53. The first kappa shape index (κ1) is 14.6.